The maximum Gasteiger partial charge on any atom is 0.159 e. The SMILES string of the molecule is Cc1cc(-c2cccc(F)c2)c(Cl)nn1. The number of halogens is 2. The van der Waals surface area contributed by atoms with E-state index in [9.17, 15) is 4.39 Å². The van der Waals surface area contributed by atoms with Gasteiger partial charge in [0, 0.05) is 5.56 Å². The summed E-state index contributed by atoms with van der Waals surface area (Å²) in [6, 6.07) is 8.01. The number of rotatable bonds is 1. The molecule has 0 saturated heterocycles. The second-order valence-electron chi connectivity index (χ2n) is 3.20. The van der Waals surface area contributed by atoms with Gasteiger partial charge in [0.15, 0.2) is 5.15 Å². The summed E-state index contributed by atoms with van der Waals surface area (Å²) >= 11 is 5.89. The van der Waals surface area contributed by atoms with Crippen LogP contribution in [-0.2, 0) is 0 Å². The molecule has 0 unspecified atom stereocenters. The summed E-state index contributed by atoms with van der Waals surface area (Å²) in [7, 11) is 0. The van der Waals surface area contributed by atoms with E-state index in [1.54, 1.807) is 18.2 Å². The van der Waals surface area contributed by atoms with Crippen LogP contribution in [0, 0.1) is 12.7 Å². The number of nitrogens with zero attached hydrogens (tertiary/aromatic N) is 2. The Morgan fingerprint density at radius 1 is 1.20 bits per heavy atom. The fraction of sp³-hybridized carbons (Fsp3) is 0.0909. The zero-order chi connectivity index (χ0) is 10.8. The Bertz CT molecular complexity index is 500. The summed E-state index contributed by atoms with van der Waals surface area (Å²) in [4.78, 5) is 0. The van der Waals surface area contributed by atoms with Gasteiger partial charge in [-0.2, -0.15) is 5.10 Å². The van der Waals surface area contributed by atoms with Crippen molar-refractivity contribution in [1.82, 2.24) is 10.2 Å². The summed E-state index contributed by atoms with van der Waals surface area (Å²) in [5.74, 6) is -0.293. The monoisotopic (exact) mass is 222 g/mol. The molecule has 76 valence electrons. The molecule has 0 aliphatic rings. The Labute approximate surface area is 91.7 Å². The van der Waals surface area contributed by atoms with Gasteiger partial charge in [-0.05, 0) is 30.7 Å². The molecule has 0 saturated carbocycles. The van der Waals surface area contributed by atoms with Crippen LogP contribution >= 0.6 is 11.6 Å². The molecule has 0 spiro atoms. The maximum absolute atomic E-state index is 13.0. The molecular weight excluding hydrogens is 215 g/mol. The fourth-order valence-corrected chi connectivity index (χ4v) is 1.53. The van der Waals surface area contributed by atoms with E-state index in [2.05, 4.69) is 10.2 Å². The number of aromatic nitrogens is 2. The Hall–Kier alpha value is -1.48. The highest BCUT2D eigenvalue weighted by Gasteiger charge is 2.06. The fourth-order valence-electron chi connectivity index (χ4n) is 1.33. The molecular formula is C11H8ClFN2. The van der Waals surface area contributed by atoms with Crippen molar-refractivity contribution in [2.75, 3.05) is 0 Å². The van der Waals surface area contributed by atoms with Crippen molar-refractivity contribution >= 4 is 11.6 Å². The normalized spacial score (nSPS) is 10.3. The van der Waals surface area contributed by atoms with Crippen molar-refractivity contribution in [3.05, 3.63) is 47.0 Å². The van der Waals surface area contributed by atoms with Crippen molar-refractivity contribution in [3.63, 3.8) is 0 Å². The largest absolute Gasteiger partial charge is 0.207 e. The molecule has 1 aromatic carbocycles. The predicted octanol–water partition coefficient (Wildman–Crippen LogP) is 3.24. The van der Waals surface area contributed by atoms with E-state index >= 15 is 0 Å². The number of hydrogen-bond donors (Lipinski definition) is 0. The Balaban J connectivity index is 2.58. The van der Waals surface area contributed by atoms with Crippen LogP contribution in [0.15, 0.2) is 30.3 Å². The lowest BCUT2D eigenvalue weighted by molar-refractivity contribution is 0.628. The number of aryl methyl sites for hydroxylation is 1. The van der Waals surface area contributed by atoms with Gasteiger partial charge in [0.05, 0.1) is 5.69 Å². The summed E-state index contributed by atoms with van der Waals surface area (Å²) in [6.07, 6.45) is 0. The lowest BCUT2D eigenvalue weighted by atomic mass is 10.1. The first kappa shape index (κ1) is 10.1. The first-order valence-electron chi connectivity index (χ1n) is 4.42. The first-order chi connectivity index (χ1) is 7.16. The zero-order valence-electron chi connectivity index (χ0n) is 8.04. The highest BCUT2D eigenvalue weighted by molar-refractivity contribution is 6.32. The van der Waals surface area contributed by atoms with Crippen LogP contribution in [0.5, 0.6) is 0 Å². The smallest absolute Gasteiger partial charge is 0.159 e. The van der Waals surface area contributed by atoms with E-state index in [1.165, 1.54) is 12.1 Å². The van der Waals surface area contributed by atoms with Gasteiger partial charge in [-0.3, -0.25) is 0 Å². The molecule has 2 rings (SSSR count). The molecule has 1 heterocycles. The molecule has 2 nitrogen and oxygen atoms in total. The van der Waals surface area contributed by atoms with Gasteiger partial charge in [-0.25, -0.2) is 4.39 Å². The average Bonchev–Trinajstić information content (AvgIpc) is 2.22. The quantitative estimate of drug-likeness (QED) is 0.740. The van der Waals surface area contributed by atoms with Crippen LogP contribution in [0.3, 0.4) is 0 Å². The van der Waals surface area contributed by atoms with Crippen molar-refractivity contribution in [2.24, 2.45) is 0 Å². The first-order valence-corrected chi connectivity index (χ1v) is 4.80. The van der Waals surface area contributed by atoms with Gasteiger partial charge in [0.1, 0.15) is 5.82 Å². The molecule has 0 amide bonds. The minimum absolute atomic E-state index is 0.284. The van der Waals surface area contributed by atoms with Crippen molar-refractivity contribution < 1.29 is 4.39 Å². The number of benzene rings is 1. The highest BCUT2D eigenvalue weighted by Crippen LogP contribution is 2.26. The lowest BCUT2D eigenvalue weighted by Gasteiger charge is -2.03. The molecule has 0 aliphatic heterocycles. The van der Waals surface area contributed by atoms with E-state index in [-0.39, 0.29) is 11.0 Å². The van der Waals surface area contributed by atoms with Gasteiger partial charge in [0.2, 0.25) is 0 Å². The van der Waals surface area contributed by atoms with Gasteiger partial charge in [0.25, 0.3) is 0 Å². The van der Waals surface area contributed by atoms with Gasteiger partial charge in [-0.1, -0.05) is 23.7 Å². The van der Waals surface area contributed by atoms with E-state index in [1.807, 2.05) is 6.92 Å². The van der Waals surface area contributed by atoms with Crippen LogP contribution in [0.25, 0.3) is 11.1 Å². The van der Waals surface area contributed by atoms with Gasteiger partial charge in [-0.15, -0.1) is 5.10 Å². The molecule has 0 radical (unpaired) electrons. The predicted molar refractivity (Wildman–Crippen MR) is 57.2 cm³/mol. The van der Waals surface area contributed by atoms with E-state index in [4.69, 9.17) is 11.6 Å². The highest BCUT2D eigenvalue weighted by atomic mass is 35.5. The van der Waals surface area contributed by atoms with Crippen molar-refractivity contribution in [1.29, 1.82) is 0 Å². The molecule has 0 aliphatic carbocycles. The molecule has 0 fully saturated rings. The third-order valence-corrected chi connectivity index (χ3v) is 2.29. The zero-order valence-corrected chi connectivity index (χ0v) is 8.79. The van der Waals surface area contributed by atoms with Crippen LogP contribution in [-0.4, -0.2) is 10.2 Å². The summed E-state index contributed by atoms with van der Waals surface area (Å²) in [5.41, 5.74) is 2.15. The third kappa shape index (κ3) is 2.13. The third-order valence-electron chi connectivity index (χ3n) is 2.01. The summed E-state index contributed by atoms with van der Waals surface area (Å²) in [6.45, 7) is 1.81. The van der Waals surface area contributed by atoms with Gasteiger partial charge >= 0.3 is 0 Å². The van der Waals surface area contributed by atoms with Crippen molar-refractivity contribution in [3.8, 4) is 11.1 Å². The molecule has 2 aromatic rings. The van der Waals surface area contributed by atoms with Crippen LogP contribution in [0.1, 0.15) is 5.69 Å². The van der Waals surface area contributed by atoms with E-state index in [0.29, 0.717) is 11.1 Å². The second-order valence-corrected chi connectivity index (χ2v) is 3.56. The summed E-state index contributed by atoms with van der Waals surface area (Å²) < 4.78 is 13.0. The minimum atomic E-state index is -0.293. The lowest BCUT2D eigenvalue weighted by Crippen LogP contribution is -1.90. The molecule has 0 bridgehead atoms. The minimum Gasteiger partial charge on any atom is -0.207 e. The van der Waals surface area contributed by atoms with Crippen LogP contribution in [0.4, 0.5) is 4.39 Å². The Morgan fingerprint density at radius 3 is 2.73 bits per heavy atom. The summed E-state index contributed by atoms with van der Waals surface area (Å²) in [5, 5.41) is 7.87. The second kappa shape index (κ2) is 3.95. The maximum atomic E-state index is 13.0. The van der Waals surface area contributed by atoms with Crippen LogP contribution < -0.4 is 0 Å². The Kier molecular flexibility index (Phi) is 2.64. The van der Waals surface area contributed by atoms with Crippen LogP contribution in [0.2, 0.25) is 5.15 Å². The average molecular weight is 223 g/mol. The number of hydrogen-bond acceptors (Lipinski definition) is 2. The molecule has 0 N–H and O–H groups in total. The molecule has 15 heavy (non-hydrogen) atoms. The van der Waals surface area contributed by atoms with E-state index in [0.717, 1.165) is 5.69 Å². The topological polar surface area (TPSA) is 25.8 Å². The molecule has 1 aromatic heterocycles. The van der Waals surface area contributed by atoms with Crippen molar-refractivity contribution in [2.45, 2.75) is 6.92 Å². The molecule has 0 atom stereocenters. The standard InChI is InChI=1S/C11H8ClFN2/c1-7-5-10(11(12)15-14-7)8-3-2-4-9(13)6-8/h2-6H,1H3. The Morgan fingerprint density at radius 2 is 2.00 bits per heavy atom. The molecule has 4 heteroatoms. The van der Waals surface area contributed by atoms with Gasteiger partial charge < -0.3 is 0 Å². The van der Waals surface area contributed by atoms with E-state index < -0.39 is 0 Å².